The van der Waals surface area contributed by atoms with Crippen molar-refractivity contribution < 1.29 is 18.3 Å². The Labute approximate surface area is 139 Å². The maximum atomic E-state index is 6.07. The van der Waals surface area contributed by atoms with E-state index >= 15 is 0 Å². The van der Waals surface area contributed by atoms with Crippen LogP contribution in [0.4, 0.5) is 0 Å². The van der Waals surface area contributed by atoms with Crippen LogP contribution < -0.4 is 9.47 Å². The SMILES string of the molecule is COc1ccc2oc(-c3oc4ccc(OC)cc4c3C)c(C)c2c1. The van der Waals surface area contributed by atoms with Gasteiger partial charge in [0.15, 0.2) is 11.5 Å². The molecule has 4 rings (SSSR count). The van der Waals surface area contributed by atoms with Crippen molar-refractivity contribution in [3.63, 3.8) is 0 Å². The minimum Gasteiger partial charge on any atom is -0.497 e. The summed E-state index contributed by atoms with van der Waals surface area (Å²) in [7, 11) is 3.32. The van der Waals surface area contributed by atoms with Crippen molar-refractivity contribution >= 4 is 21.9 Å². The van der Waals surface area contributed by atoms with Gasteiger partial charge in [0.2, 0.25) is 0 Å². The fourth-order valence-electron chi connectivity index (χ4n) is 3.09. The lowest BCUT2D eigenvalue weighted by Crippen LogP contribution is -1.82. The summed E-state index contributed by atoms with van der Waals surface area (Å²) in [6.07, 6.45) is 0. The lowest BCUT2D eigenvalue weighted by atomic mass is 10.1. The van der Waals surface area contributed by atoms with Crippen molar-refractivity contribution in [2.45, 2.75) is 13.8 Å². The van der Waals surface area contributed by atoms with Gasteiger partial charge in [-0.1, -0.05) is 0 Å². The smallest absolute Gasteiger partial charge is 0.173 e. The van der Waals surface area contributed by atoms with E-state index in [-0.39, 0.29) is 0 Å². The second kappa shape index (κ2) is 5.34. The predicted octanol–water partition coefficient (Wildman–Crippen LogP) is 5.48. The van der Waals surface area contributed by atoms with E-state index in [2.05, 4.69) is 0 Å². The van der Waals surface area contributed by atoms with Crippen molar-refractivity contribution in [2.75, 3.05) is 14.2 Å². The Morgan fingerprint density at radius 1 is 0.667 bits per heavy atom. The van der Waals surface area contributed by atoms with Gasteiger partial charge in [-0.25, -0.2) is 0 Å². The van der Waals surface area contributed by atoms with Gasteiger partial charge in [-0.3, -0.25) is 0 Å². The van der Waals surface area contributed by atoms with E-state index < -0.39 is 0 Å². The minimum absolute atomic E-state index is 0.755. The zero-order chi connectivity index (χ0) is 16.8. The molecule has 0 aliphatic rings. The zero-order valence-corrected chi connectivity index (χ0v) is 14.1. The topological polar surface area (TPSA) is 44.7 Å². The highest BCUT2D eigenvalue weighted by atomic mass is 16.5. The molecule has 0 spiro atoms. The van der Waals surface area contributed by atoms with Gasteiger partial charge in [0.25, 0.3) is 0 Å². The average molecular weight is 322 g/mol. The normalized spacial score (nSPS) is 11.3. The number of hydrogen-bond donors (Lipinski definition) is 0. The Hall–Kier alpha value is -2.88. The van der Waals surface area contributed by atoms with E-state index in [0.29, 0.717) is 0 Å². The molecule has 0 saturated heterocycles. The third-order valence-corrected chi connectivity index (χ3v) is 4.49. The summed E-state index contributed by atoms with van der Waals surface area (Å²) < 4.78 is 22.8. The number of hydrogen-bond acceptors (Lipinski definition) is 4. The fourth-order valence-corrected chi connectivity index (χ4v) is 3.09. The summed E-state index contributed by atoms with van der Waals surface area (Å²) >= 11 is 0. The molecule has 0 radical (unpaired) electrons. The molecule has 0 atom stereocenters. The first kappa shape index (κ1) is 14.7. The van der Waals surface area contributed by atoms with E-state index in [1.54, 1.807) is 14.2 Å². The van der Waals surface area contributed by atoms with Gasteiger partial charge < -0.3 is 18.3 Å². The number of rotatable bonds is 3. The van der Waals surface area contributed by atoms with Crippen molar-refractivity contribution in [3.8, 4) is 23.0 Å². The Morgan fingerprint density at radius 3 is 1.46 bits per heavy atom. The van der Waals surface area contributed by atoms with Crippen LogP contribution in [-0.2, 0) is 0 Å². The number of furan rings is 2. The first-order valence-electron chi connectivity index (χ1n) is 7.77. The van der Waals surface area contributed by atoms with Gasteiger partial charge in [-0.2, -0.15) is 0 Å². The molecule has 4 aromatic rings. The van der Waals surface area contributed by atoms with Gasteiger partial charge >= 0.3 is 0 Å². The van der Waals surface area contributed by atoms with Crippen molar-refractivity contribution in [1.29, 1.82) is 0 Å². The van der Waals surface area contributed by atoms with Gasteiger partial charge in [0.05, 0.1) is 14.2 Å². The number of methoxy groups -OCH3 is 2. The van der Waals surface area contributed by atoms with E-state index in [4.69, 9.17) is 18.3 Å². The molecule has 24 heavy (non-hydrogen) atoms. The molecule has 0 fully saturated rings. The highest BCUT2D eigenvalue weighted by Crippen LogP contribution is 2.40. The summed E-state index contributed by atoms with van der Waals surface area (Å²) in [5.41, 5.74) is 3.72. The molecule has 0 N–H and O–H groups in total. The molecule has 0 bridgehead atoms. The largest absolute Gasteiger partial charge is 0.497 e. The zero-order valence-electron chi connectivity index (χ0n) is 14.1. The highest BCUT2D eigenvalue weighted by molar-refractivity contribution is 5.93. The van der Waals surface area contributed by atoms with Crippen LogP contribution in [0.2, 0.25) is 0 Å². The second-order valence-corrected chi connectivity index (χ2v) is 5.84. The molecule has 0 saturated carbocycles. The quantitative estimate of drug-likeness (QED) is 0.501. The second-order valence-electron chi connectivity index (χ2n) is 5.84. The number of ether oxygens (including phenoxy) is 2. The summed E-state index contributed by atoms with van der Waals surface area (Å²) in [6, 6.07) is 11.6. The molecule has 4 heteroatoms. The van der Waals surface area contributed by atoms with Crippen molar-refractivity contribution in [1.82, 2.24) is 0 Å². The maximum absolute atomic E-state index is 6.07. The minimum atomic E-state index is 0.755. The number of benzene rings is 2. The Bertz CT molecular complexity index is 967. The van der Waals surface area contributed by atoms with Gasteiger partial charge in [0.1, 0.15) is 22.7 Å². The van der Waals surface area contributed by atoms with Crippen LogP contribution in [0, 0.1) is 13.8 Å². The van der Waals surface area contributed by atoms with Gasteiger partial charge in [-0.05, 0) is 50.2 Å². The average Bonchev–Trinajstić information content (AvgIpc) is 3.11. The molecule has 0 aliphatic carbocycles. The van der Waals surface area contributed by atoms with Gasteiger partial charge in [-0.15, -0.1) is 0 Å². The highest BCUT2D eigenvalue weighted by Gasteiger charge is 2.20. The van der Waals surface area contributed by atoms with E-state index in [1.807, 2.05) is 50.2 Å². The Kier molecular flexibility index (Phi) is 3.27. The van der Waals surface area contributed by atoms with Gasteiger partial charge in [0, 0.05) is 21.9 Å². The monoisotopic (exact) mass is 322 g/mol. The van der Waals surface area contributed by atoms with Crippen molar-refractivity contribution in [3.05, 3.63) is 47.5 Å². The third-order valence-electron chi connectivity index (χ3n) is 4.49. The molecule has 2 aromatic carbocycles. The van der Waals surface area contributed by atoms with Crippen LogP contribution in [0.5, 0.6) is 11.5 Å². The van der Waals surface area contributed by atoms with E-state index in [1.165, 1.54) is 0 Å². The lowest BCUT2D eigenvalue weighted by molar-refractivity contribution is 0.415. The molecule has 4 nitrogen and oxygen atoms in total. The predicted molar refractivity (Wildman–Crippen MR) is 94.0 cm³/mol. The van der Waals surface area contributed by atoms with E-state index in [9.17, 15) is 0 Å². The first-order valence-corrected chi connectivity index (χ1v) is 7.77. The van der Waals surface area contributed by atoms with Crippen LogP contribution in [0.3, 0.4) is 0 Å². The maximum Gasteiger partial charge on any atom is 0.173 e. The molecular weight excluding hydrogens is 304 g/mol. The Morgan fingerprint density at radius 2 is 1.08 bits per heavy atom. The summed E-state index contributed by atoms with van der Waals surface area (Å²) in [4.78, 5) is 0. The van der Waals surface area contributed by atoms with Crippen LogP contribution in [0.1, 0.15) is 11.1 Å². The van der Waals surface area contributed by atoms with Crippen molar-refractivity contribution in [2.24, 2.45) is 0 Å². The molecular formula is C20H18O4. The van der Waals surface area contributed by atoms with Crippen LogP contribution in [0.15, 0.2) is 45.2 Å². The molecule has 0 unspecified atom stereocenters. The summed E-state index contributed by atoms with van der Waals surface area (Å²) in [5, 5.41) is 2.06. The molecule has 122 valence electrons. The molecule has 2 heterocycles. The summed E-state index contributed by atoms with van der Waals surface area (Å²) in [6.45, 7) is 4.07. The fraction of sp³-hybridized carbons (Fsp3) is 0.200. The van der Waals surface area contributed by atoms with Crippen LogP contribution in [0.25, 0.3) is 33.5 Å². The standard InChI is InChI=1S/C20H18O4/c1-11-15-9-13(21-3)5-7-17(15)23-19(11)20-12(2)16-10-14(22-4)6-8-18(16)24-20/h5-10H,1-4H3. The molecule has 2 aromatic heterocycles. The summed E-state index contributed by atoms with van der Waals surface area (Å²) in [5.74, 6) is 3.13. The number of fused-ring (bicyclic) bond motifs is 2. The Balaban J connectivity index is 1.95. The first-order chi connectivity index (χ1) is 11.6. The molecule has 0 aliphatic heterocycles. The third kappa shape index (κ3) is 2.07. The lowest BCUT2D eigenvalue weighted by Gasteiger charge is -1.98. The van der Waals surface area contributed by atoms with Crippen LogP contribution >= 0.6 is 0 Å². The van der Waals surface area contributed by atoms with Crippen LogP contribution in [-0.4, -0.2) is 14.2 Å². The molecule has 0 amide bonds. The van der Waals surface area contributed by atoms with E-state index in [0.717, 1.165) is 56.1 Å². The number of aryl methyl sites for hydroxylation is 2.